The van der Waals surface area contributed by atoms with Gasteiger partial charge >= 0.3 is 0 Å². The van der Waals surface area contributed by atoms with Gasteiger partial charge in [0.2, 0.25) is 0 Å². The van der Waals surface area contributed by atoms with Gasteiger partial charge in [-0.2, -0.15) is 0 Å². The van der Waals surface area contributed by atoms with Crippen molar-refractivity contribution in [3.8, 4) is 0 Å². The largest absolute Gasteiger partial charge is 0.375 e. The van der Waals surface area contributed by atoms with Crippen LogP contribution in [0.5, 0.6) is 0 Å². The summed E-state index contributed by atoms with van der Waals surface area (Å²) in [5, 5.41) is 11.3. The molecule has 4 heteroatoms. The maximum Gasteiger partial charge on any atom is 0.264 e. The Morgan fingerprint density at radius 2 is 1.74 bits per heavy atom. The van der Waals surface area contributed by atoms with Crippen LogP contribution in [0.15, 0.2) is 48.6 Å². The Balaban J connectivity index is 2.01. The predicted octanol–water partition coefficient (Wildman–Crippen LogP) is 4.00. The molecule has 1 heterocycles. The zero-order valence-electron chi connectivity index (χ0n) is 16.3. The Kier molecular flexibility index (Phi) is 4.79. The van der Waals surface area contributed by atoms with Gasteiger partial charge in [0.25, 0.3) is 5.91 Å². The van der Waals surface area contributed by atoms with Crippen LogP contribution < -0.4 is 4.90 Å². The summed E-state index contributed by atoms with van der Waals surface area (Å²) in [4.78, 5) is 27.6. The molecule has 0 unspecified atom stereocenters. The lowest BCUT2D eigenvalue weighted by Gasteiger charge is -2.23. The molecule has 0 saturated carbocycles. The lowest BCUT2D eigenvalue weighted by atomic mass is 9.86. The Bertz CT molecular complexity index is 960. The summed E-state index contributed by atoms with van der Waals surface area (Å²) in [5.41, 5.74) is 3.59. The molecular weight excluding hydrogens is 338 g/mol. The Morgan fingerprint density at radius 1 is 1.11 bits per heavy atom. The molecule has 3 rings (SSSR count). The number of benzene rings is 2. The Hall–Kier alpha value is -2.72. The van der Waals surface area contributed by atoms with Crippen LogP contribution in [0.25, 0.3) is 0 Å². The average Bonchev–Trinajstić information content (AvgIpc) is 2.80. The van der Waals surface area contributed by atoms with E-state index in [2.05, 4.69) is 6.58 Å². The lowest BCUT2D eigenvalue weighted by Crippen LogP contribution is -2.42. The summed E-state index contributed by atoms with van der Waals surface area (Å²) in [6, 6.07) is 10.9. The fourth-order valence-electron chi connectivity index (χ4n) is 3.69. The first-order chi connectivity index (χ1) is 12.6. The SMILES string of the molecule is C=C(C)CN1C(=O)[C@](O)(CC(=O)c2cc(C)c(C)cc2C)c2ccccc21. The van der Waals surface area contributed by atoms with Crippen LogP contribution in [0.4, 0.5) is 5.69 Å². The number of carbonyl (C=O) groups is 2. The second kappa shape index (κ2) is 6.78. The number of Topliss-reactive ketones (excluding diaryl/α,β-unsaturated/α-hetero) is 1. The van der Waals surface area contributed by atoms with Gasteiger partial charge in [-0.1, -0.05) is 36.4 Å². The fourth-order valence-corrected chi connectivity index (χ4v) is 3.69. The molecule has 0 spiro atoms. The topological polar surface area (TPSA) is 57.6 Å². The van der Waals surface area contributed by atoms with E-state index in [-0.39, 0.29) is 12.2 Å². The van der Waals surface area contributed by atoms with Gasteiger partial charge in [0.15, 0.2) is 11.4 Å². The molecular formula is C23H25NO3. The van der Waals surface area contributed by atoms with Crippen molar-refractivity contribution in [3.63, 3.8) is 0 Å². The van der Waals surface area contributed by atoms with E-state index in [9.17, 15) is 14.7 Å². The molecule has 0 bridgehead atoms. The smallest absolute Gasteiger partial charge is 0.264 e. The minimum absolute atomic E-state index is 0.238. The van der Waals surface area contributed by atoms with Gasteiger partial charge in [0.1, 0.15) is 0 Å². The quantitative estimate of drug-likeness (QED) is 0.645. The third-order valence-corrected chi connectivity index (χ3v) is 5.22. The van der Waals surface area contributed by atoms with E-state index in [0.717, 1.165) is 22.3 Å². The van der Waals surface area contributed by atoms with Crippen molar-refractivity contribution in [2.75, 3.05) is 11.4 Å². The number of nitrogens with zero attached hydrogens (tertiary/aromatic N) is 1. The van der Waals surface area contributed by atoms with E-state index in [0.29, 0.717) is 23.4 Å². The summed E-state index contributed by atoms with van der Waals surface area (Å²) in [6.07, 6.45) is -0.279. The minimum Gasteiger partial charge on any atom is -0.375 e. The first kappa shape index (κ1) is 19.1. The number of aliphatic hydroxyl groups is 1. The molecule has 140 valence electrons. The van der Waals surface area contributed by atoms with Crippen LogP contribution in [0, 0.1) is 20.8 Å². The number of carbonyl (C=O) groups excluding carboxylic acids is 2. The highest BCUT2D eigenvalue weighted by atomic mass is 16.3. The number of hydrogen-bond acceptors (Lipinski definition) is 3. The molecule has 2 aromatic carbocycles. The van der Waals surface area contributed by atoms with E-state index in [4.69, 9.17) is 0 Å². The summed E-state index contributed by atoms with van der Waals surface area (Å²) in [6.45, 7) is 11.8. The summed E-state index contributed by atoms with van der Waals surface area (Å²) >= 11 is 0. The lowest BCUT2D eigenvalue weighted by molar-refractivity contribution is -0.135. The van der Waals surface area contributed by atoms with Crippen molar-refractivity contribution < 1.29 is 14.7 Å². The van der Waals surface area contributed by atoms with Crippen LogP contribution in [0.3, 0.4) is 0 Å². The maximum atomic E-state index is 13.1. The molecule has 1 atom stereocenters. The fraction of sp³-hybridized carbons (Fsp3) is 0.304. The molecule has 0 radical (unpaired) electrons. The minimum atomic E-state index is -1.85. The predicted molar refractivity (Wildman–Crippen MR) is 107 cm³/mol. The highest BCUT2D eigenvalue weighted by Gasteiger charge is 2.50. The van der Waals surface area contributed by atoms with Crippen LogP contribution in [-0.2, 0) is 10.4 Å². The second-order valence-corrected chi connectivity index (χ2v) is 7.58. The summed E-state index contributed by atoms with van der Waals surface area (Å²) < 4.78 is 0. The molecule has 1 N–H and O–H groups in total. The Morgan fingerprint density at radius 3 is 2.41 bits per heavy atom. The summed E-state index contributed by atoms with van der Waals surface area (Å²) in [7, 11) is 0. The molecule has 0 aliphatic carbocycles. The van der Waals surface area contributed by atoms with Crippen molar-refractivity contribution >= 4 is 17.4 Å². The van der Waals surface area contributed by atoms with Gasteiger partial charge in [0, 0.05) is 17.7 Å². The van der Waals surface area contributed by atoms with Crippen LogP contribution in [0.1, 0.15) is 46.0 Å². The number of amides is 1. The molecule has 1 aliphatic heterocycles. The van der Waals surface area contributed by atoms with Crippen molar-refractivity contribution in [3.05, 3.63) is 76.4 Å². The number of fused-ring (bicyclic) bond motifs is 1. The Labute approximate surface area is 160 Å². The number of rotatable bonds is 5. The third-order valence-electron chi connectivity index (χ3n) is 5.22. The van der Waals surface area contributed by atoms with Gasteiger partial charge < -0.3 is 10.0 Å². The first-order valence-corrected chi connectivity index (χ1v) is 9.04. The van der Waals surface area contributed by atoms with Crippen LogP contribution in [0.2, 0.25) is 0 Å². The van der Waals surface area contributed by atoms with Gasteiger partial charge in [-0.05, 0) is 56.5 Å². The zero-order valence-corrected chi connectivity index (χ0v) is 16.3. The van der Waals surface area contributed by atoms with Gasteiger partial charge in [-0.25, -0.2) is 0 Å². The van der Waals surface area contributed by atoms with Crippen LogP contribution >= 0.6 is 0 Å². The standard InChI is InChI=1S/C23H25NO3/c1-14(2)13-24-20-9-7-6-8-19(20)23(27,22(24)26)12-21(25)18-11-16(4)15(3)10-17(18)5/h6-11,27H,1,12-13H2,2-5H3/t23-/m0/s1. The van der Waals surface area contributed by atoms with Crippen molar-refractivity contribution in [2.24, 2.45) is 0 Å². The summed E-state index contributed by atoms with van der Waals surface area (Å²) in [5.74, 6) is -0.708. The van der Waals surface area contributed by atoms with Gasteiger partial charge in [0.05, 0.1) is 12.1 Å². The van der Waals surface area contributed by atoms with E-state index in [1.807, 2.05) is 45.9 Å². The van der Waals surface area contributed by atoms with E-state index >= 15 is 0 Å². The van der Waals surface area contributed by atoms with E-state index in [1.54, 1.807) is 18.2 Å². The number of anilines is 1. The highest BCUT2D eigenvalue weighted by molar-refractivity contribution is 6.11. The molecule has 2 aromatic rings. The number of ketones is 1. The monoisotopic (exact) mass is 363 g/mol. The van der Waals surface area contributed by atoms with Crippen molar-refractivity contribution in [2.45, 2.75) is 39.7 Å². The number of hydrogen-bond donors (Lipinski definition) is 1. The molecule has 1 aliphatic rings. The number of aryl methyl sites for hydroxylation is 3. The van der Waals surface area contributed by atoms with E-state index < -0.39 is 11.5 Å². The van der Waals surface area contributed by atoms with Crippen molar-refractivity contribution in [1.82, 2.24) is 0 Å². The zero-order chi connectivity index (χ0) is 19.9. The van der Waals surface area contributed by atoms with Crippen molar-refractivity contribution in [1.29, 1.82) is 0 Å². The first-order valence-electron chi connectivity index (χ1n) is 9.04. The maximum absolute atomic E-state index is 13.1. The second-order valence-electron chi connectivity index (χ2n) is 7.58. The molecule has 1 amide bonds. The molecule has 4 nitrogen and oxygen atoms in total. The average molecular weight is 363 g/mol. The molecule has 0 saturated heterocycles. The normalized spacial score (nSPS) is 18.6. The van der Waals surface area contributed by atoms with Gasteiger partial charge in [-0.3, -0.25) is 9.59 Å². The third kappa shape index (κ3) is 3.21. The molecule has 0 aromatic heterocycles. The number of para-hydroxylation sites is 1. The molecule has 0 fully saturated rings. The molecule has 27 heavy (non-hydrogen) atoms. The van der Waals surface area contributed by atoms with Gasteiger partial charge in [-0.15, -0.1) is 0 Å². The van der Waals surface area contributed by atoms with E-state index in [1.165, 1.54) is 4.90 Å². The van der Waals surface area contributed by atoms with Crippen LogP contribution in [-0.4, -0.2) is 23.3 Å². The highest BCUT2D eigenvalue weighted by Crippen LogP contribution is 2.43.